The predicted molar refractivity (Wildman–Crippen MR) is 172 cm³/mol. The Hall–Kier alpha value is -3.50. The zero-order valence-corrected chi connectivity index (χ0v) is 25.5. The first-order valence-electron chi connectivity index (χ1n) is 15.4. The van der Waals surface area contributed by atoms with Crippen LogP contribution in [0.4, 0.5) is 5.82 Å². The fourth-order valence-electron chi connectivity index (χ4n) is 6.97. The molecule has 0 atom stereocenters. The van der Waals surface area contributed by atoms with Crippen molar-refractivity contribution in [2.75, 3.05) is 52.2 Å². The minimum Gasteiger partial charge on any atom is -0.383 e. The molecule has 9 nitrogen and oxygen atoms in total. The molecule has 0 bridgehead atoms. The molecular weight excluding hydrogens is 560 g/mol. The summed E-state index contributed by atoms with van der Waals surface area (Å²) >= 11 is 6.45. The van der Waals surface area contributed by atoms with E-state index in [1.54, 1.807) is 13.4 Å². The van der Waals surface area contributed by atoms with Crippen molar-refractivity contribution in [2.24, 2.45) is 0 Å². The van der Waals surface area contributed by atoms with E-state index >= 15 is 0 Å². The van der Waals surface area contributed by atoms with Crippen LogP contribution in [-0.2, 0) is 11.3 Å². The van der Waals surface area contributed by atoms with Crippen LogP contribution in [-0.4, -0.2) is 86.6 Å². The highest BCUT2D eigenvalue weighted by molar-refractivity contribution is 6.31. The standard InChI is InChI=1S/C33H39ClN8O/c1-43-19-18-39-13-9-26(10-14-39)40-16-11-27(12-17-40)42-33-30(32(35)36-22-37-33)31(38-42)24-6-7-29-23(20-24)8-15-41(29)21-25-4-2-3-5-28(25)34/h2-8,15,20,22,26-27H,9-14,16-19,21H2,1H3,(H2,35,36,37). The second kappa shape index (κ2) is 12.2. The zero-order chi connectivity index (χ0) is 29.3. The Kier molecular flexibility index (Phi) is 8.05. The van der Waals surface area contributed by atoms with E-state index in [0.717, 1.165) is 96.0 Å². The number of benzene rings is 2. The number of hydrogen-bond donors (Lipinski definition) is 1. The number of rotatable bonds is 8. The Labute approximate surface area is 257 Å². The van der Waals surface area contributed by atoms with Crippen LogP contribution in [0.1, 0.15) is 37.3 Å². The molecule has 5 aromatic rings. The number of nitrogen functional groups attached to an aromatic ring is 1. The van der Waals surface area contributed by atoms with Gasteiger partial charge in [0, 0.05) is 67.0 Å². The number of nitrogens with two attached hydrogens (primary N) is 1. The molecule has 0 amide bonds. The molecule has 2 aromatic carbocycles. The maximum absolute atomic E-state index is 6.47. The largest absolute Gasteiger partial charge is 0.383 e. The second-order valence-electron chi connectivity index (χ2n) is 11.9. The van der Waals surface area contributed by atoms with Crippen LogP contribution in [0.2, 0.25) is 5.02 Å². The Morgan fingerprint density at radius 3 is 2.53 bits per heavy atom. The van der Waals surface area contributed by atoms with Gasteiger partial charge in [-0.25, -0.2) is 14.6 Å². The molecule has 2 aliphatic rings. The summed E-state index contributed by atoms with van der Waals surface area (Å²) in [5.41, 5.74) is 11.4. The monoisotopic (exact) mass is 598 g/mol. The van der Waals surface area contributed by atoms with E-state index in [1.165, 1.54) is 12.8 Å². The molecule has 10 heteroatoms. The lowest BCUT2D eigenvalue weighted by Gasteiger charge is -2.41. The number of hydrogen-bond acceptors (Lipinski definition) is 7. The number of ether oxygens (including phenoxy) is 1. The smallest absolute Gasteiger partial charge is 0.164 e. The first kappa shape index (κ1) is 28.3. The molecule has 43 heavy (non-hydrogen) atoms. The highest BCUT2D eigenvalue weighted by Crippen LogP contribution is 2.36. The van der Waals surface area contributed by atoms with E-state index in [-0.39, 0.29) is 6.04 Å². The van der Waals surface area contributed by atoms with Gasteiger partial charge in [-0.2, -0.15) is 5.10 Å². The number of anilines is 1. The van der Waals surface area contributed by atoms with Gasteiger partial charge in [0.05, 0.1) is 18.0 Å². The third-order valence-electron chi connectivity index (χ3n) is 9.39. The summed E-state index contributed by atoms with van der Waals surface area (Å²) in [5.74, 6) is 0.473. The molecule has 7 rings (SSSR count). The van der Waals surface area contributed by atoms with Gasteiger partial charge >= 0.3 is 0 Å². The van der Waals surface area contributed by atoms with Crippen LogP contribution in [0.5, 0.6) is 0 Å². The van der Waals surface area contributed by atoms with Gasteiger partial charge in [-0.05, 0) is 68.6 Å². The number of aromatic nitrogens is 5. The molecule has 0 aliphatic carbocycles. The molecule has 224 valence electrons. The summed E-state index contributed by atoms with van der Waals surface area (Å²) in [4.78, 5) is 14.3. The van der Waals surface area contributed by atoms with Gasteiger partial charge in [0.15, 0.2) is 5.65 Å². The van der Waals surface area contributed by atoms with Gasteiger partial charge in [0.2, 0.25) is 0 Å². The topological polar surface area (TPSA) is 90.3 Å². The highest BCUT2D eigenvalue weighted by atomic mass is 35.5. The highest BCUT2D eigenvalue weighted by Gasteiger charge is 2.31. The van der Waals surface area contributed by atoms with Gasteiger partial charge in [0.1, 0.15) is 17.8 Å². The molecule has 5 heterocycles. The maximum Gasteiger partial charge on any atom is 0.164 e. The van der Waals surface area contributed by atoms with Crippen molar-refractivity contribution in [3.63, 3.8) is 0 Å². The summed E-state index contributed by atoms with van der Waals surface area (Å²) in [6.07, 6.45) is 8.24. The fraction of sp³-hybridized carbons (Fsp3) is 0.424. The van der Waals surface area contributed by atoms with Gasteiger partial charge in [-0.1, -0.05) is 35.9 Å². The molecular formula is C33H39ClN8O. The Morgan fingerprint density at radius 1 is 0.953 bits per heavy atom. The number of likely N-dealkylation sites (tertiary alicyclic amines) is 2. The first-order chi connectivity index (χ1) is 21.1. The van der Waals surface area contributed by atoms with Crippen LogP contribution in [0.25, 0.3) is 33.2 Å². The summed E-state index contributed by atoms with van der Waals surface area (Å²) in [6.45, 7) is 7.04. The lowest BCUT2D eigenvalue weighted by Crippen LogP contribution is -2.48. The van der Waals surface area contributed by atoms with Crippen molar-refractivity contribution in [3.8, 4) is 11.3 Å². The van der Waals surface area contributed by atoms with E-state index < -0.39 is 0 Å². The SMILES string of the molecule is COCCN1CCC(N2CCC(n3nc(-c4ccc5c(ccn5Cc5ccccc5Cl)c4)c4c(N)ncnc43)CC2)CC1. The number of piperidine rings is 2. The van der Waals surface area contributed by atoms with Crippen molar-refractivity contribution in [1.82, 2.24) is 34.1 Å². The van der Waals surface area contributed by atoms with E-state index in [1.807, 2.05) is 18.2 Å². The Bertz CT molecular complexity index is 1720. The van der Waals surface area contributed by atoms with Gasteiger partial charge in [-0.3, -0.25) is 0 Å². The number of halogens is 1. The Balaban J connectivity index is 1.11. The number of fused-ring (bicyclic) bond motifs is 2. The van der Waals surface area contributed by atoms with Crippen LogP contribution in [0.3, 0.4) is 0 Å². The van der Waals surface area contributed by atoms with Crippen molar-refractivity contribution in [2.45, 2.75) is 44.3 Å². The normalized spacial score (nSPS) is 17.8. The molecule has 2 fully saturated rings. The second-order valence-corrected chi connectivity index (χ2v) is 12.3. The van der Waals surface area contributed by atoms with Crippen molar-refractivity contribution >= 4 is 39.4 Å². The van der Waals surface area contributed by atoms with E-state index in [4.69, 9.17) is 27.2 Å². The third-order valence-corrected chi connectivity index (χ3v) is 9.76. The van der Waals surface area contributed by atoms with E-state index in [2.05, 4.69) is 65.5 Å². The molecule has 0 saturated carbocycles. The minimum absolute atomic E-state index is 0.282. The van der Waals surface area contributed by atoms with Crippen molar-refractivity contribution in [1.29, 1.82) is 0 Å². The molecule has 3 aromatic heterocycles. The Morgan fingerprint density at radius 2 is 1.74 bits per heavy atom. The van der Waals surface area contributed by atoms with Crippen LogP contribution < -0.4 is 5.73 Å². The van der Waals surface area contributed by atoms with Gasteiger partial charge in [-0.15, -0.1) is 0 Å². The van der Waals surface area contributed by atoms with Crippen LogP contribution in [0, 0.1) is 0 Å². The molecule has 0 spiro atoms. The van der Waals surface area contributed by atoms with Crippen molar-refractivity contribution in [3.05, 3.63) is 71.6 Å². The number of nitrogens with zero attached hydrogens (tertiary/aromatic N) is 7. The minimum atomic E-state index is 0.282. The van der Waals surface area contributed by atoms with Crippen molar-refractivity contribution < 1.29 is 4.74 Å². The summed E-state index contributed by atoms with van der Waals surface area (Å²) in [5, 5.41) is 7.95. The van der Waals surface area contributed by atoms with Crippen LogP contribution in [0.15, 0.2) is 61.1 Å². The molecule has 2 aliphatic heterocycles. The lowest BCUT2D eigenvalue weighted by atomic mass is 9.98. The number of methoxy groups -OCH3 is 1. The van der Waals surface area contributed by atoms with E-state index in [9.17, 15) is 0 Å². The quantitative estimate of drug-likeness (QED) is 0.253. The summed E-state index contributed by atoms with van der Waals surface area (Å²) < 4.78 is 9.62. The molecule has 0 unspecified atom stereocenters. The van der Waals surface area contributed by atoms with E-state index in [0.29, 0.717) is 18.4 Å². The van der Waals surface area contributed by atoms with Gasteiger partial charge in [0.25, 0.3) is 0 Å². The molecule has 2 saturated heterocycles. The first-order valence-corrected chi connectivity index (χ1v) is 15.7. The fourth-order valence-corrected chi connectivity index (χ4v) is 7.17. The molecule has 2 N–H and O–H groups in total. The lowest BCUT2D eigenvalue weighted by molar-refractivity contribution is 0.0663. The average Bonchev–Trinajstić information content (AvgIpc) is 3.63. The summed E-state index contributed by atoms with van der Waals surface area (Å²) in [6, 6.07) is 17.6. The molecule has 0 radical (unpaired) electrons. The maximum atomic E-state index is 6.47. The van der Waals surface area contributed by atoms with Gasteiger partial charge < -0.3 is 24.8 Å². The summed E-state index contributed by atoms with van der Waals surface area (Å²) in [7, 11) is 1.78. The van der Waals surface area contributed by atoms with Crippen LogP contribution >= 0.6 is 11.6 Å². The average molecular weight is 599 g/mol. The third kappa shape index (κ3) is 5.62. The predicted octanol–water partition coefficient (Wildman–Crippen LogP) is 5.48. The zero-order valence-electron chi connectivity index (χ0n) is 24.7.